The van der Waals surface area contributed by atoms with Gasteiger partial charge in [-0.05, 0) is 6.92 Å². The average Bonchev–Trinajstić information content (AvgIpc) is 2.07. The molecule has 0 saturated heterocycles. The van der Waals surface area contributed by atoms with Gasteiger partial charge in [0.15, 0.2) is 6.23 Å². The van der Waals surface area contributed by atoms with Gasteiger partial charge in [-0.3, -0.25) is 5.73 Å². The fourth-order valence-electron chi connectivity index (χ4n) is 0.841. The van der Waals surface area contributed by atoms with Crippen LogP contribution in [0.15, 0.2) is 30.3 Å². The van der Waals surface area contributed by atoms with Gasteiger partial charge in [0.1, 0.15) is 0 Å². The SMILES string of the molecule is CCO[C](N)c1ccccc1. The Bertz CT molecular complexity index is 198. The minimum absolute atomic E-state index is 0.494. The maximum Gasteiger partial charge on any atom is 0.190 e. The molecule has 2 N–H and O–H groups in total. The molecule has 0 fully saturated rings. The van der Waals surface area contributed by atoms with Crippen LogP contribution in [-0.2, 0) is 4.74 Å². The van der Waals surface area contributed by atoms with Crippen LogP contribution in [0.3, 0.4) is 0 Å². The van der Waals surface area contributed by atoms with Gasteiger partial charge in [0, 0.05) is 12.2 Å². The summed E-state index contributed by atoms with van der Waals surface area (Å²) in [5, 5.41) is 0. The van der Waals surface area contributed by atoms with Crippen molar-refractivity contribution < 1.29 is 4.74 Å². The Morgan fingerprint density at radius 1 is 1.36 bits per heavy atom. The summed E-state index contributed by atoms with van der Waals surface area (Å²) >= 11 is 0. The molecule has 0 aliphatic rings. The van der Waals surface area contributed by atoms with Crippen molar-refractivity contribution >= 4 is 0 Å². The second kappa shape index (κ2) is 4.11. The molecule has 1 radical (unpaired) electrons. The predicted octanol–water partition coefficient (Wildman–Crippen LogP) is 1.52. The van der Waals surface area contributed by atoms with Crippen molar-refractivity contribution in [2.75, 3.05) is 6.61 Å². The minimum Gasteiger partial charge on any atom is -0.352 e. The fourth-order valence-corrected chi connectivity index (χ4v) is 0.841. The zero-order chi connectivity index (χ0) is 8.10. The number of benzene rings is 1. The number of hydrogen-bond donors (Lipinski definition) is 1. The second-order valence-corrected chi connectivity index (χ2v) is 2.16. The van der Waals surface area contributed by atoms with E-state index in [1.165, 1.54) is 0 Å². The van der Waals surface area contributed by atoms with E-state index < -0.39 is 0 Å². The van der Waals surface area contributed by atoms with Crippen molar-refractivity contribution in [1.82, 2.24) is 0 Å². The quantitative estimate of drug-likeness (QED) is 0.709. The topological polar surface area (TPSA) is 35.2 Å². The lowest BCUT2D eigenvalue weighted by molar-refractivity contribution is 0.175. The van der Waals surface area contributed by atoms with Crippen LogP contribution >= 0.6 is 0 Å². The zero-order valence-corrected chi connectivity index (χ0v) is 6.58. The van der Waals surface area contributed by atoms with Gasteiger partial charge in [-0.2, -0.15) is 0 Å². The molecule has 0 amide bonds. The van der Waals surface area contributed by atoms with E-state index in [-0.39, 0.29) is 0 Å². The highest BCUT2D eigenvalue weighted by Crippen LogP contribution is 2.08. The lowest BCUT2D eigenvalue weighted by Crippen LogP contribution is -2.14. The minimum atomic E-state index is 0.494. The van der Waals surface area contributed by atoms with Crippen LogP contribution in [0.25, 0.3) is 0 Å². The van der Waals surface area contributed by atoms with Crippen molar-refractivity contribution in [1.29, 1.82) is 0 Å². The molecule has 0 unspecified atom stereocenters. The summed E-state index contributed by atoms with van der Waals surface area (Å²) in [7, 11) is 0. The summed E-state index contributed by atoms with van der Waals surface area (Å²) in [5.41, 5.74) is 6.54. The maximum atomic E-state index is 5.60. The van der Waals surface area contributed by atoms with Gasteiger partial charge in [0.2, 0.25) is 0 Å². The summed E-state index contributed by atoms with van der Waals surface area (Å²) in [6.07, 6.45) is 0.494. The number of rotatable bonds is 3. The van der Waals surface area contributed by atoms with Gasteiger partial charge in [0.25, 0.3) is 0 Å². The van der Waals surface area contributed by atoms with E-state index in [2.05, 4.69) is 0 Å². The highest BCUT2D eigenvalue weighted by atomic mass is 16.5. The van der Waals surface area contributed by atoms with Gasteiger partial charge in [-0.15, -0.1) is 0 Å². The lowest BCUT2D eigenvalue weighted by atomic mass is 10.2. The van der Waals surface area contributed by atoms with Crippen LogP contribution in [0.1, 0.15) is 12.5 Å². The average molecular weight is 150 g/mol. The molecule has 2 heteroatoms. The highest BCUT2D eigenvalue weighted by Gasteiger charge is 2.04. The number of nitrogens with two attached hydrogens (primary N) is 1. The van der Waals surface area contributed by atoms with Crippen LogP contribution in [0.2, 0.25) is 0 Å². The van der Waals surface area contributed by atoms with E-state index in [0.29, 0.717) is 12.8 Å². The second-order valence-electron chi connectivity index (χ2n) is 2.16. The Hall–Kier alpha value is -0.860. The van der Waals surface area contributed by atoms with Crippen molar-refractivity contribution in [2.45, 2.75) is 6.92 Å². The van der Waals surface area contributed by atoms with E-state index in [1.807, 2.05) is 37.3 Å². The third-order valence-electron chi connectivity index (χ3n) is 1.36. The van der Waals surface area contributed by atoms with Crippen molar-refractivity contribution in [3.63, 3.8) is 0 Å². The maximum absolute atomic E-state index is 5.60. The standard InChI is InChI=1S/C9H12NO/c1-2-11-9(10)8-6-4-3-5-7-8/h3-7H,2,10H2,1H3. The van der Waals surface area contributed by atoms with Crippen molar-refractivity contribution in [3.05, 3.63) is 42.1 Å². The van der Waals surface area contributed by atoms with Gasteiger partial charge in [-0.25, -0.2) is 0 Å². The highest BCUT2D eigenvalue weighted by molar-refractivity contribution is 5.24. The normalized spacial score (nSPS) is 10.5. The molecule has 1 aromatic rings. The molecule has 11 heavy (non-hydrogen) atoms. The summed E-state index contributed by atoms with van der Waals surface area (Å²) in [6, 6.07) is 9.65. The lowest BCUT2D eigenvalue weighted by Gasteiger charge is -2.08. The Balaban J connectivity index is 2.61. The Morgan fingerprint density at radius 3 is 2.55 bits per heavy atom. The molecule has 0 heterocycles. The van der Waals surface area contributed by atoms with Crippen LogP contribution in [-0.4, -0.2) is 6.61 Å². The molecule has 0 aromatic heterocycles. The third-order valence-corrected chi connectivity index (χ3v) is 1.36. The molecule has 0 aliphatic heterocycles. The molecule has 0 bridgehead atoms. The first-order chi connectivity index (χ1) is 5.34. The van der Waals surface area contributed by atoms with Crippen molar-refractivity contribution in [3.8, 4) is 0 Å². The molecule has 2 nitrogen and oxygen atoms in total. The third kappa shape index (κ3) is 2.33. The molecule has 1 aromatic carbocycles. The summed E-state index contributed by atoms with van der Waals surface area (Å²) in [4.78, 5) is 0. The predicted molar refractivity (Wildman–Crippen MR) is 44.6 cm³/mol. The van der Waals surface area contributed by atoms with Gasteiger partial charge < -0.3 is 4.74 Å². The van der Waals surface area contributed by atoms with Crippen LogP contribution in [0.5, 0.6) is 0 Å². The van der Waals surface area contributed by atoms with E-state index >= 15 is 0 Å². The van der Waals surface area contributed by atoms with E-state index in [1.54, 1.807) is 0 Å². The van der Waals surface area contributed by atoms with Gasteiger partial charge in [0.05, 0.1) is 0 Å². The molecular weight excluding hydrogens is 138 g/mol. The van der Waals surface area contributed by atoms with E-state index in [0.717, 1.165) is 5.56 Å². The first-order valence-electron chi connectivity index (χ1n) is 3.65. The molecule has 0 spiro atoms. The first kappa shape index (κ1) is 8.24. The summed E-state index contributed by atoms with van der Waals surface area (Å²) in [5.74, 6) is 0. The summed E-state index contributed by atoms with van der Waals surface area (Å²) < 4.78 is 5.12. The van der Waals surface area contributed by atoms with Crippen LogP contribution in [0, 0.1) is 6.23 Å². The number of hydrogen-bond acceptors (Lipinski definition) is 2. The Labute approximate surface area is 67.0 Å². The fraction of sp³-hybridized carbons (Fsp3) is 0.222. The molecule has 0 saturated carbocycles. The molecule has 1 rings (SSSR count). The van der Waals surface area contributed by atoms with Crippen LogP contribution < -0.4 is 5.73 Å². The number of ether oxygens (including phenoxy) is 1. The van der Waals surface area contributed by atoms with Crippen LogP contribution in [0.4, 0.5) is 0 Å². The molecule has 59 valence electrons. The Morgan fingerprint density at radius 2 is 2.00 bits per heavy atom. The first-order valence-corrected chi connectivity index (χ1v) is 3.65. The smallest absolute Gasteiger partial charge is 0.190 e. The van der Waals surface area contributed by atoms with E-state index in [9.17, 15) is 0 Å². The van der Waals surface area contributed by atoms with Crippen molar-refractivity contribution in [2.24, 2.45) is 5.73 Å². The monoisotopic (exact) mass is 150 g/mol. The molecule has 0 atom stereocenters. The molecule has 0 aliphatic carbocycles. The summed E-state index contributed by atoms with van der Waals surface area (Å²) in [6.45, 7) is 2.52. The van der Waals surface area contributed by atoms with E-state index in [4.69, 9.17) is 10.5 Å². The molecular formula is C9H12NO. The van der Waals surface area contributed by atoms with Gasteiger partial charge in [-0.1, -0.05) is 30.3 Å². The largest absolute Gasteiger partial charge is 0.352 e. The van der Waals surface area contributed by atoms with Gasteiger partial charge >= 0.3 is 0 Å². The Kier molecular flexibility index (Phi) is 3.08. The zero-order valence-electron chi connectivity index (χ0n) is 6.58.